The maximum atomic E-state index is 13.1. The van der Waals surface area contributed by atoms with Crippen LogP contribution in [0.4, 0.5) is 29.5 Å². The Kier molecular flexibility index (Phi) is 5.79. The Morgan fingerprint density at radius 3 is 2.71 bits per heavy atom. The van der Waals surface area contributed by atoms with Crippen LogP contribution in [0.1, 0.15) is 18.4 Å². The molecule has 2 amide bonds. The van der Waals surface area contributed by atoms with Crippen molar-refractivity contribution in [1.82, 2.24) is 20.5 Å². The van der Waals surface area contributed by atoms with Crippen molar-refractivity contribution in [3.05, 3.63) is 60.4 Å². The number of carbonyl (C=O) groups excluding carboxylic acids is 1. The van der Waals surface area contributed by atoms with E-state index in [-0.39, 0.29) is 11.7 Å². The maximum Gasteiger partial charge on any atom is 0.418 e. The molecule has 4 rings (SSSR count). The highest BCUT2D eigenvalue weighted by molar-refractivity contribution is 5.90. The van der Waals surface area contributed by atoms with E-state index in [1.165, 1.54) is 18.2 Å². The minimum absolute atomic E-state index is 0.215. The Hall–Kier alpha value is -3.56. The number of alkyl halides is 3. The van der Waals surface area contributed by atoms with Crippen LogP contribution in [0.25, 0.3) is 11.3 Å². The largest absolute Gasteiger partial charge is 0.418 e. The average Bonchev–Trinajstić information content (AvgIpc) is 3.24. The average molecular weight is 430 g/mol. The summed E-state index contributed by atoms with van der Waals surface area (Å²) in [6, 6.07) is 9.71. The zero-order chi connectivity index (χ0) is 21.8. The van der Waals surface area contributed by atoms with Crippen LogP contribution in [-0.2, 0) is 6.18 Å². The van der Waals surface area contributed by atoms with Crippen LogP contribution in [0.5, 0.6) is 0 Å². The van der Waals surface area contributed by atoms with Gasteiger partial charge in [-0.15, -0.1) is 0 Å². The highest BCUT2D eigenvalue weighted by atomic mass is 19.4. The van der Waals surface area contributed by atoms with Gasteiger partial charge in [0, 0.05) is 43.2 Å². The highest BCUT2D eigenvalue weighted by Gasteiger charge is 2.33. The second-order valence-corrected chi connectivity index (χ2v) is 7.30. The molecule has 1 aliphatic rings. The van der Waals surface area contributed by atoms with E-state index in [0.29, 0.717) is 6.54 Å². The number of carbonyl (C=O) groups is 1. The van der Waals surface area contributed by atoms with Crippen LogP contribution in [0.15, 0.2) is 54.9 Å². The maximum absolute atomic E-state index is 13.1. The molecule has 1 atom stereocenters. The Labute approximate surface area is 176 Å². The standard InChI is InChI=1S/C21H21F3N6O/c22-21(23,24)16-5-1-2-6-17(16)27-20(31)26-15-4-3-11-30(13-15)19-12-18(28-29-19)14-7-9-25-10-8-14/h1-2,5-10,12,15H,3-4,11,13H2,(H,28,29)(H2,26,27,31)/t15-/m1/s1. The molecule has 2 aromatic heterocycles. The number of para-hydroxylation sites is 1. The van der Waals surface area contributed by atoms with Crippen LogP contribution in [0, 0.1) is 0 Å². The van der Waals surface area contributed by atoms with Gasteiger partial charge >= 0.3 is 12.2 Å². The minimum Gasteiger partial charge on any atom is -0.353 e. The van der Waals surface area contributed by atoms with Crippen molar-refractivity contribution < 1.29 is 18.0 Å². The van der Waals surface area contributed by atoms with Crippen LogP contribution >= 0.6 is 0 Å². The number of H-pyrrole nitrogens is 1. The molecule has 31 heavy (non-hydrogen) atoms. The predicted octanol–water partition coefficient (Wildman–Crippen LogP) is 4.28. The number of aromatic amines is 1. The van der Waals surface area contributed by atoms with Crippen molar-refractivity contribution in [2.75, 3.05) is 23.3 Å². The normalized spacial score (nSPS) is 16.7. The first-order chi connectivity index (χ1) is 14.9. The molecule has 1 saturated heterocycles. The van der Waals surface area contributed by atoms with Crippen molar-refractivity contribution in [2.45, 2.75) is 25.1 Å². The van der Waals surface area contributed by atoms with Crippen molar-refractivity contribution in [3.63, 3.8) is 0 Å². The third-order valence-corrected chi connectivity index (χ3v) is 5.12. The fourth-order valence-corrected chi connectivity index (χ4v) is 3.64. The van der Waals surface area contributed by atoms with Gasteiger partial charge in [-0.3, -0.25) is 10.1 Å². The first-order valence-electron chi connectivity index (χ1n) is 9.84. The molecule has 1 aliphatic heterocycles. The van der Waals surface area contributed by atoms with Crippen molar-refractivity contribution in [2.24, 2.45) is 0 Å². The fraction of sp³-hybridized carbons (Fsp3) is 0.286. The summed E-state index contributed by atoms with van der Waals surface area (Å²) in [6.07, 6.45) is 0.407. The van der Waals surface area contributed by atoms with Gasteiger partial charge in [0.25, 0.3) is 0 Å². The van der Waals surface area contributed by atoms with Crippen molar-refractivity contribution in [3.8, 4) is 11.3 Å². The van der Waals surface area contributed by atoms with Gasteiger partial charge in [-0.2, -0.15) is 18.3 Å². The molecular formula is C21H21F3N6O. The highest BCUT2D eigenvalue weighted by Crippen LogP contribution is 2.34. The summed E-state index contributed by atoms with van der Waals surface area (Å²) in [5.74, 6) is 0.751. The zero-order valence-electron chi connectivity index (χ0n) is 16.5. The molecule has 1 fully saturated rings. The molecule has 3 aromatic rings. The minimum atomic E-state index is -4.54. The second-order valence-electron chi connectivity index (χ2n) is 7.30. The summed E-state index contributed by atoms with van der Waals surface area (Å²) < 4.78 is 39.4. The van der Waals surface area contributed by atoms with Gasteiger partial charge in [-0.1, -0.05) is 12.1 Å². The first-order valence-corrected chi connectivity index (χ1v) is 9.84. The van der Waals surface area contributed by atoms with Crippen LogP contribution in [-0.4, -0.2) is 40.3 Å². The van der Waals surface area contributed by atoms with Gasteiger partial charge in [0.15, 0.2) is 5.82 Å². The number of aromatic nitrogens is 3. The van der Waals surface area contributed by atoms with Gasteiger partial charge in [-0.25, -0.2) is 4.79 Å². The molecule has 0 spiro atoms. The van der Waals surface area contributed by atoms with E-state index in [9.17, 15) is 18.0 Å². The molecule has 0 aliphatic carbocycles. The molecule has 162 valence electrons. The summed E-state index contributed by atoms with van der Waals surface area (Å²) >= 11 is 0. The van der Waals surface area contributed by atoms with Gasteiger partial charge in [0.1, 0.15) is 0 Å². The van der Waals surface area contributed by atoms with Crippen LogP contribution in [0.2, 0.25) is 0 Å². The van der Waals surface area contributed by atoms with Crippen LogP contribution in [0.3, 0.4) is 0 Å². The van der Waals surface area contributed by atoms with E-state index < -0.39 is 17.8 Å². The molecule has 3 heterocycles. The number of amides is 2. The predicted molar refractivity (Wildman–Crippen MR) is 111 cm³/mol. The van der Waals surface area contributed by atoms with Gasteiger partial charge in [0.2, 0.25) is 0 Å². The SMILES string of the molecule is O=C(Nc1ccccc1C(F)(F)F)N[C@@H]1CCCN(c2cc(-c3ccncc3)[nH]n2)C1. The summed E-state index contributed by atoms with van der Waals surface area (Å²) in [6.45, 7) is 1.28. The molecule has 10 heteroatoms. The van der Waals surface area contributed by atoms with E-state index in [1.54, 1.807) is 12.4 Å². The van der Waals surface area contributed by atoms with Crippen LogP contribution < -0.4 is 15.5 Å². The fourth-order valence-electron chi connectivity index (χ4n) is 3.64. The number of nitrogens with one attached hydrogen (secondary N) is 3. The number of nitrogens with zero attached hydrogens (tertiary/aromatic N) is 3. The molecule has 7 nitrogen and oxygen atoms in total. The lowest BCUT2D eigenvalue weighted by atomic mass is 10.1. The summed E-state index contributed by atoms with van der Waals surface area (Å²) in [5.41, 5.74) is 0.669. The molecule has 0 unspecified atom stereocenters. The lowest BCUT2D eigenvalue weighted by Gasteiger charge is -2.33. The number of rotatable bonds is 4. The zero-order valence-corrected chi connectivity index (χ0v) is 16.5. The number of hydrogen-bond acceptors (Lipinski definition) is 4. The number of benzene rings is 1. The third-order valence-electron chi connectivity index (χ3n) is 5.12. The van der Waals surface area contributed by atoms with E-state index in [0.717, 1.165) is 42.5 Å². The summed E-state index contributed by atoms with van der Waals surface area (Å²) in [7, 11) is 0. The topological polar surface area (TPSA) is 85.9 Å². The molecule has 0 saturated carbocycles. The molecule has 0 radical (unpaired) electrons. The van der Waals surface area contributed by atoms with E-state index in [1.807, 2.05) is 23.1 Å². The van der Waals surface area contributed by atoms with Crippen molar-refractivity contribution in [1.29, 1.82) is 0 Å². The third kappa shape index (κ3) is 4.96. The Morgan fingerprint density at radius 1 is 1.16 bits per heavy atom. The quantitative estimate of drug-likeness (QED) is 0.577. The summed E-state index contributed by atoms with van der Waals surface area (Å²) in [4.78, 5) is 18.4. The van der Waals surface area contributed by atoms with E-state index >= 15 is 0 Å². The molecular weight excluding hydrogens is 409 g/mol. The Bertz CT molecular complexity index is 1040. The monoisotopic (exact) mass is 430 g/mol. The lowest BCUT2D eigenvalue weighted by Crippen LogP contribution is -2.49. The second kappa shape index (κ2) is 8.66. The first kappa shape index (κ1) is 20.7. The number of pyridine rings is 1. The Balaban J connectivity index is 1.39. The smallest absolute Gasteiger partial charge is 0.353 e. The number of halogens is 3. The number of anilines is 2. The number of piperidine rings is 1. The molecule has 0 bridgehead atoms. The van der Waals surface area contributed by atoms with Gasteiger partial charge in [0.05, 0.1) is 16.9 Å². The van der Waals surface area contributed by atoms with Gasteiger partial charge in [-0.05, 0) is 37.1 Å². The number of hydrogen-bond donors (Lipinski definition) is 3. The summed E-state index contributed by atoms with van der Waals surface area (Å²) in [5, 5.41) is 12.5. The Morgan fingerprint density at radius 2 is 1.94 bits per heavy atom. The van der Waals surface area contributed by atoms with E-state index in [2.05, 4.69) is 25.8 Å². The van der Waals surface area contributed by atoms with Crippen molar-refractivity contribution >= 4 is 17.5 Å². The lowest BCUT2D eigenvalue weighted by molar-refractivity contribution is -0.136. The molecule has 3 N–H and O–H groups in total. The number of urea groups is 1. The van der Waals surface area contributed by atoms with Gasteiger partial charge < -0.3 is 15.5 Å². The molecule has 1 aromatic carbocycles. The van der Waals surface area contributed by atoms with E-state index in [4.69, 9.17) is 0 Å².